The number of carbonyl (C=O) groups excluding carboxylic acids is 4. The molecular weight excluding hydrogens is 346 g/mol. The van der Waals surface area contributed by atoms with E-state index in [1.54, 1.807) is 0 Å². The average Bonchev–Trinajstić information content (AvgIpc) is 3.19. The molecule has 0 bridgehead atoms. The van der Waals surface area contributed by atoms with E-state index in [0.717, 1.165) is 6.42 Å². The summed E-state index contributed by atoms with van der Waals surface area (Å²) in [6.45, 7) is -0.0729. The predicted octanol–water partition coefficient (Wildman–Crippen LogP) is 0.920. The van der Waals surface area contributed by atoms with Gasteiger partial charge in [-0.25, -0.2) is 14.4 Å². The van der Waals surface area contributed by atoms with E-state index in [-0.39, 0.29) is 16.8 Å². The summed E-state index contributed by atoms with van der Waals surface area (Å²) in [5.74, 6) is -2.63. The Morgan fingerprint density at radius 1 is 1.15 bits per heavy atom. The SMILES string of the molecule is COC(=O)c1ccc(C(=O)OC)c(NC(=O)COC(=O)[C@H]2CCCO2)c1. The van der Waals surface area contributed by atoms with Crippen LogP contribution in [0.25, 0.3) is 0 Å². The number of methoxy groups -OCH3 is 2. The van der Waals surface area contributed by atoms with Crippen LogP contribution in [0, 0.1) is 0 Å². The number of esters is 3. The molecule has 0 aromatic heterocycles. The van der Waals surface area contributed by atoms with Crippen LogP contribution in [0.4, 0.5) is 5.69 Å². The van der Waals surface area contributed by atoms with Gasteiger partial charge in [0.05, 0.1) is 31.0 Å². The van der Waals surface area contributed by atoms with E-state index < -0.39 is 36.5 Å². The fraction of sp³-hybridized carbons (Fsp3) is 0.412. The van der Waals surface area contributed by atoms with E-state index in [2.05, 4.69) is 14.8 Å². The summed E-state index contributed by atoms with van der Waals surface area (Å²) in [6, 6.07) is 3.97. The molecule has 1 heterocycles. The van der Waals surface area contributed by atoms with E-state index >= 15 is 0 Å². The zero-order valence-corrected chi connectivity index (χ0v) is 14.4. The molecule has 1 aliphatic rings. The van der Waals surface area contributed by atoms with Gasteiger partial charge in [-0.3, -0.25) is 4.79 Å². The van der Waals surface area contributed by atoms with Gasteiger partial charge in [0.25, 0.3) is 5.91 Å². The minimum Gasteiger partial charge on any atom is -0.465 e. The third-order valence-electron chi connectivity index (χ3n) is 3.66. The molecule has 1 fully saturated rings. The summed E-state index contributed by atoms with van der Waals surface area (Å²) in [6.07, 6.45) is 0.652. The maximum atomic E-state index is 12.0. The van der Waals surface area contributed by atoms with Crippen molar-refractivity contribution < 1.29 is 38.1 Å². The van der Waals surface area contributed by atoms with Gasteiger partial charge in [-0.15, -0.1) is 0 Å². The minimum atomic E-state index is -0.701. The topological polar surface area (TPSA) is 117 Å². The van der Waals surface area contributed by atoms with Gasteiger partial charge in [-0.1, -0.05) is 0 Å². The molecule has 9 nitrogen and oxygen atoms in total. The van der Waals surface area contributed by atoms with E-state index in [9.17, 15) is 19.2 Å². The first-order valence-electron chi connectivity index (χ1n) is 7.85. The van der Waals surface area contributed by atoms with Crippen LogP contribution in [-0.4, -0.2) is 57.4 Å². The van der Waals surface area contributed by atoms with Gasteiger partial charge in [0, 0.05) is 6.61 Å². The summed E-state index contributed by atoms with van der Waals surface area (Å²) in [5, 5.41) is 2.43. The van der Waals surface area contributed by atoms with Crippen molar-refractivity contribution in [2.75, 3.05) is 32.8 Å². The molecule has 0 spiro atoms. The molecule has 1 saturated heterocycles. The van der Waals surface area contributed by atoms with Gasteiger partial charge in [-0.2, -0.15) is 0 Å². The lowest BCUT2D eigenvalue weighted by Gasteiger charge is -2.12. The number of hydrogen-bond donors (Lipinski definition) is 1. The molecule has 26 heavy (non-hydrogen) atoms. The third-order valence-corrected chi connectivity index (χ3v) is 3.66. The standard InChI is InChI=1S/C17H19NO8/c1-23-15(20)10-5-6-11(16(21)24-2)12(8-10)18-14(19)9-26-17(22)13-4-3-7-25-13/h5-6,8,13H,3-4,7,9H2,1-2H3,(H,18,19)/t13-/m1/s1. The van der Waals surface area contributed by atoms with Crippen molar-refractivity contribution in [3.63, 3.8) is 0 Å². The lowest BCUT2D eigenvalue weighted by molar-refractivity contribution is -0.156. The normalized spacial score (nSPS) is 15.8. The molecule has 2 rings (SSSR count). The fourth-order valence-corrected chi connectivity index (χ4v) is 2.36. The quantitative estimate of drug-likeness (QED) is 0.584. The van der Waals surface area contributed by atoms with Crippen molar-refractivity contribution in [3.8, 4) is 0 Å². The van der Waals surface area contributed by atoms with Crippen molar-refractivity contribution in [3.05, 3.63) is 29.3 Å². The molecule has 0 radical (unpaired) electrons. The van der Waals surface area contributed by atoms with Crippen molar-refractivity contribution in [1.29, 1.82) is 0 Å². The molecule has 1 atom stereocenters. The van der Waals surface area contributed by atoms with Gasteiger partial charge >= 0.3 is 17.9 Å². The van der Waals surface area contributed by atoms with Crippen LogP contribution in [0.15, 0.2) is 18.2 Å². The lowest BCUT2D eigenvalue weighted by atomic mass is 10.1. The molecule has 0 saturated carbocycles. The Balaban J connectivity index is 2.07. The molecule has 9 heteroatoms. The second-order valence-electron chi connectivity index (χ2n) is 5.40. The summed E-state index contributed by atoms with van der Waals surface area (Å²) < 4.78 is 19.3. The average molecular weight is 365 g/mol. The smallest absolute Gasteiger partial charge is 0.339 e. The fourth-order valence-electron chi connectivity index (χ4n) is 2.36. The number of carbonyl (C=O) groups is 4. The molecule has 1 N–H and O–H groups in total. The number of benzene rings is 1. The van der Waals surface area contributed by atoms with Gasteiger partial charge in [0.15, 0.2) is 12.7 Å². The van der Waals surface area contributed by atoms with E-state index in [4.69, 9.17) is 9.47 Å². The molecule has 1 aromatic carbocycles. The number of rotatable bonds is 6. The van der Waals surface area contributed by atoms with Crippen LogP contribution < -0.4 is 5.32 Å². The van der Waals surface area contributed by atoms with Crippen LogP contribution in [0.5, 0.6) is 0 Å². The Bertz CT molecular complexity index is 709. The number of nitrogens with one attached hydrogen (secondary N) is 1. The van der Waals surface area contributed by atoms with Crippen molar-refractivity contribution >= 4 is 29.5 Å². The largest absolute Gasteiger partial charge is 0.465 e. The predicted molar refractivity (Wildman–Crippen MR) is 87.7 cm³/mol. The van der Waals surface area contributed by atoms with E-state index in [1.165, 1.54) is 32.4 Å². The molecule has 140 valence electrons. The monoisotopic (exact) mass is 365 g/mol. The first kappa shape index (κ1) is 19.4. The Morgan fingerprint density at radius 2 is 1.88 bits per heavy atom. The first-order valence-corrected chi connectivity index (χ1v) is 7.85. The zero-order valence-electron chi connectivity index (χ0n) is 14.4. The number of ether oxygens (including phenoxy) is 4. The molecule has 0 aliphatic carbocycles. The highest BCUT2D eigenvalue weighted by atomic mass is 16.6. The first-order chi connectivity index (χ1) is 12.5. The van der Waals surface area contributed by atoms with Crippen LogP contribution in [0.2, 0.25) is 0 Å². The number of amides is 1. The number of anilines is 1. The highest BCUT2D eigenvalue weighted by Gasteiger charge is 2.26. The zero-order chi connectivity index (χ0) is 19.1. The Hall–Kier alpha value is -2.94. The van der Waals surface area contributed by atoms with Crippen LogP contribution in [0.1, 0.15) is 33.6 Å². The van der Waals surface area contributed by atoms with E-state index in [1.807, 2.05) is 0 Å². The minimum absolute atomic E-state index is 0.0397. The summed E-state index contributed by atoms with van der Waals surface area (Å²) in [5.41, 5.74) is 0.212. The van der Waals surface area contributed by atoms with Gasteiger partial charge in [0.1, 0.15) is 0 Å². The van der Waals surface area contributed by atoms with Crippen LogP contribution in [0.3, 0.4) is 0 Å². The van der Waals surface area contributed by atoms with Crippen molar-refractivity contribution in [1.82, 2.24) is 0 Å². The maximum absolute atomic E-state index is 12.0. The summed E-state index contributed by atoms with van der Waals surface area (Å²) in [4.78, 5) is 47.2. The van der Waals surface area contributed by atoms with Crippen molar-refractivity contribution in [2.24, 2.45) is 0 Å². The van der Waals surface area contributed by atoms with Crippen molar-refractivity contribution in [2.45, 2.75) is 18.9 Å². The second-order valence-corrected chi connectivity index (χ2v) is 5.40. The number of hydrogen-bond acceptors (Lipinski definition) is 8. The lowest BCUT2D eigenvalue weighted by Crippen LogP contribution is -2.28. The summed E-state index contributed by atoms with van der Waals surface area (Å²) >= 11 is 0. The highest BCUT2D eigenvalue weighted by Crippen LogP contribution is 2.20. The third kappa shape index (κ3) is 4.79. The van der Waals surface area contributed by atoms with Gasteiger partial charge in [-0.05, 0) is 31.0 Å². The van der Waals surface area contributed by atoms with Gasteiger partial charge in [0.2, 0.25) is 0 Å². The highest BCUT2D eigenvalue weighted by molar-refractivity contribution is 6.04. The molecule has 1 aromatic rings. The second kappa shape index (κ2) is 8.95. The maximum Gasteiger partial charge on any atom is 0.339 e. The Morgan fingerprint density at radius 3 is 2.50 bits per heavy atom. The molecule has 1 amide bonds. The van der Waals surface area contributed by atoms with Crippen LogP contribution >= 0.6 is 0 Å². The molecule has 1 aliphatic heterocycles. The van der Waals surface area contributed by atoms with Gasteiger partial charge < -0.3 is 24.3 Å². The molecule has 0 unspecified atom stereocenters. The summed E-state index contributed by atoms with van der Waals surface area (Å²) in [7, 11) is 2.39. The van der Waals surface area contributed by atoms with E-state index in [0.29, 0.717) is 13.0 Å². The molecular formula is C17H19NO8. The Kier molecular flexibility index (Phi) is 6.67. The Labute approximate surface area is 149 Å². The van der Waals surface area contributed by atoms with Crippen LogP contribution in [-0.2, 0) is 28.5 Å².